The third kappa shape index (κ3) is 6.15. The normalized spacial score (nSPS) is 10.9. The fraction of sp³-hybridized carbons (Fsp3) is 0.222. The molecule has 0 aliphatic heterocycles. The minimum atomic E-state index is -4.59. The van der Waals surface area contributed by atoms with Gasteiger partial charge in [-0.25, -0.2) is 9.18 Å². The number of alkyl halides is 3. The van der Waals surface area contributed by atoms with E-state index in [0.29, 0.717) is 5.69 Å². The fourth-order valence-electron chi connectivity index (χ4n) is 2.15. The van der Waals surface area contributed by atoms with E-state index in [-0.39, 0.29) is 18.0 Å². The Hall–Kier alpha value is -3.30. The second-order valence-electron chi connectivity index (χ2n) is 5.50. The molecule has 0 saturated carbocycles. The Morgan fingerprint density at radius 3 is 2.32 bits per heavy atom. The Balaban J connectivity index is 1.97. The highest BCUT2D eigenvalue weighted by Gasteiger charge is 2.31. The van der Waals surface area contributed by atoms with E-state index in [9.17, 15) is 27.2 Å². The van der Waals surface area contributed by atoms with E-state index in [4.69, 9.17) is 4.74 Å². The minimum Gasteiger partial charge on any atom is -0.492 e. The summed E-state index contributed by atoms with van der Waals surface area (Å²) in [6.45, 7) is 1.37. The third-order valence-corrected chi connectivity index (χ3v) is 3.39. The first kappa shape index (κ1) is 21.0. The van der Waals surface area contributed by atoms with Gasteiger partial charge in [0.15, 0.2) is 0 Å². The summed E-state index contributed by atoms with van der Waals surface area (Å²) in [5.41, 5.74) is -0.821. The van der Waals surface area contributed by atoms with Crippen molar-refractivity contribution in [1.82, 2.24) is 5.32 Å². The van der Waals surface area contributed by atoms with Gasteiger partial charge in [-0.3, -0.25) is 4.79 Å². The van der Waals surface area contributed by atoms with E-state index in [1.165, 1.54) is 12.1 Å². The zero-order valence-electron chi connectivity index (χ0n) is 14.7. The number of ether oxygens (including phenoxy) is 1. The maximum Gasteiger partial charge on any atom is 0.416 e. The van der Waals surface area contributed by atoms with Crippen molar-refractivity contribution in [1.29, 1.82) is 0 Å². The molecule has 0 radical (unpaired) electrons. The summed E-state index contributed by atoms with van der Waals surface area (Å²) < 4.78 is 56.6. The molecule has 3 amide bonds. The number of amides is 3. The molecule has 0 saturated heterocycles. The number of carbonyl (C=O) groups excluding carboxylic acids is 2. The largest absolute Gasteiger partial charge is 0.492 e. The molecule has 0 aliphatic carbocycles. The van der Waals surface area contributed by atoms with Crippen LogP contribution in [0.1, 0.15) is 12.5 Å². The highest BCUT2D eigenvalue weighted by molar-refractivity contribution is 5.97. The van der Waals surface area contributed by atoms with Crippen molar-refractivity contribution in [3.05, 3.63) is 53.8 Å². The summed E-state index contributed by atoms with van der Waals surface area (Å²) in [5.74, 6) is -1.01. The topological polar surface area (TPSA) is 79.5 Å². The number of hydrogen-bond acceptors (Lipinski definition) is 3. The second-order valence-corrected chi connectivity index (χ2v) is 5.50. The lowest BCUT2D eigenvalue weighted by molar-refractivity contribution is -0.137. The number of nitrogens with one attached hydrogen (secondary N) is 3. The van der Waals surface area contributed by atoms with Crippen molar-refractivity contribution < 1.29 is 31.9 Å². The summed E-state index contributed by atoms with van der Waals surface area (Å²) in [6, 6.07) is 6.76. The van der Waals surface area contributed by atoms with Crippen molar-refractivity contribution in [3.63, 3.8) is 0 Å². The molecule has 0 atom stereocenters. The van der Waals surface area contributed by atoms with Gasteiger partial charge in [-0.2, -0.15) is 13.2 Å². The summed E-state index contributed by atoms with van der Waals surface area (Å²) in [5, 5.41) is 6.87. The molecule has 2 rings (SSSR count). The summed E-state index contributed by atoms with van der Waals surface area (Å²) in [4.78, 5) is 23.7. The standard InChI is InChI=1S/C18H17F4N3O3/c1-2-28-15-8-3-11(18(20,21)22)9-14(15)25-17(27)23-10-16(26)24-13-6-4-12(19)5-7-13/h3-9H,2,10H2,1H3,(H,24,26)(H2,23,25,27). The smallest absolute Gasteiger partial charge is 0.416 e. The van der Waals surface area contributed by atoms with Gasteiger partial charge in [0, 0.05) is 5.69 Å². The number of halogens is 4. The molecule has 150 valence electrons. The monoisotopic (exact) mass is 399 g/mol. The number of anilines is 2. The molecule has 6 nitrogen and oxygen atoms in total. The molecule has 0 heterocycles. The van der Waals surface area contributed by atoms with E-state index >= 15 is 0 Å². The number of urea groups is 1. The van der Waals surface area contributed by atoms with Crippen LogP contribution < -0.4 is 20.7 Å². The van der Waals surface area contributed by atoms with Crippen LogP contribution >= 0.6 is 0 Å². The number of benzene rings is 2. The van der Waals surface area contributed by atoms with Gasteiger partial charge in [0.1, 0.15) is 11.6 Å². The zero-order chi connectivity index (χ0) is 20.7. The van der Waals surface area contributed by atoms with Crippen molar-refractivity contribution in [2.24, 2.45) is 0 Å². The molecular weight excluding hydrogens is 382 g/mol. The lowest BCUT2D eigenvalue weighted by Gasteiger charge is -2.15. The van der Waals surface area contributed by atoms with Gasteiger partial charge < -0.3 is 20.7 Å². The molecule has 3 N–H and O–H groups in total. The van der Waals surface area contributed by atoms with Crippen LogP contribution in [0.4, 0.5) is 33.7 Å². The fourth-order valence-corrected chi connectivity index (χ4v) is 2.15. The predicted octanol–water partition coefficient (Wildman–Crippen LogP) is 4.00. The molecule has 2 aromatic carbocycles. The molecule has 0 aliphatic rings. The van der Waals surface area contributed by atoms with Crippen LogP contribution in [0.15, 0.2) is 42.5 Å². The van der Waals surface area contributed by atoms with Gasteiger partial charge in [0.2, 0.25) is 5.91 Å². The number of hydrogen-bond donors (Lipinski definition) is 3. The molecule has 10 heteroatoms. The van der Waals surface area contributed by atoms with E-state index in [2.05, 4.69) is 16.0 Å². The average Bonchev–Trinajstić information content (AvgIpc) is 2.63. The van der Waals surface area contributed by atoms with Crippen LogP contribution in [0, 0.1) is 5.82 Å². The molecule has 28 heavy (non-hydrogen) atoms. The van der Waals surface area contributed by atoms with Crippen molar-refractivity contribution in [2.75, 3.05) is 23.8 Å². The molecule has 0 aromatic heterocycles. The minimum absolute atomic E-state index is 0.0569. The van der Waals surface area contributed by atoms with Gasteiger partial charge in [0.05, 0.1) is 24.4 Å². The summed E-state index contributed by atoms with van der Waals surface area (Å²) in [6.07, 6.45) is -4.59. The molecule has 0 unspecified atom stereocenters. The van der Waals surface area contributed by atoms with Crippen LogP contribution in [0.5, 0.6) is 5.75 Å². The Morgan fingerprint density at radius 2 is 1.71 bits per heavy atom. The Bertz CT molecular complexity index is 839. The Morgan fingerprint density at radius 1 is 1.04 bits per heavy atom. The Kier molecular flexibility index (Phi) is 6.80. The first-order valence-corrected chi connectivity index (χ1v) is 8.13. The Labute approximate surface area is 157 Å². The maximum atomic E-state index is 12.9. The van der Waals surface area contributed by atoms with E-state index < -0.39 is 36.0 Å². The molecule has 0 fully saturated rings. The van der Waals surface area contributed by atoms with Crippen LogP contribution in [0.2, 0.25) is 0 Å². The van der Waals surface area contributed by atoms with Gasteiger partial charge in [-0.15, -0.1) is 0 Å². The second kappa shape index (κ2) is 9.07. The lowest BCUT2D eigenvalue weighted by Crippen LogP contribution is -2.35. The number of rotatable bonds is 6. The highest BCUT2D eigenvalue weighted by Crippen LogP contribution is 2.35. The summed E-state index contributed by atoms with van der Waals surface area (Å²) >= 11 is 0. The first-order valence-electron chi connectivity index (χ1n) is 8.13. The lowest BCUT2D eigenvalue weighted by atomic mass is 10.2. The van der Waals surface area contributed by atoms with Crippen LogP contribution in [0.3, 0.4) is 0 Å². The van der Waals surface area contributed by atoms with Crippen LogP contribution in [-0.4, -0.2) is 25.1 Å². The van der Waals surface area contributed by atoms with E-state index in [1.807, 2.05) is 0 Å². The van der Waals surface area contributed by atoms with Gasteiger partial charge >= 0.3 is 12.2 Å². The van der Waals surface area contributed by atoms with E-state index in [0.717, 1.165) is 30.3 Å². The molecule has 0 bridgehead atoms. The molecule has 0 spiro atoms. The molecule has 2 aromatic rings. The van der Waals surface area contributed by atoms with Gasteiger partial charge in [-0.1, -0.05) is 0 Å². The highest BCUT2D eigenvalue weighted by atomic mass is 19.4. The van der Waals surface area contributed by atoms with Gasteiger partial charge in [0.25, 0.3) is 0 Å². The van der Waals surface area contributed by atoms with Crippen LogP contribution in [0.25, 0.3) is 0 Å². The number of carbonyl (C=O) groups is 2. The SMILES string of the molecule is CCOc1ccc(C(F)(F)F)cc1NC(=O)NCC(=O)Nc1ccc(F)cc1. The van der Waals surface area contributed by atoms with Gasteiger partial charge in [-0.05, 0) is 49.4 Å². The quantitative estimate of drug-likeness (QED) is 0.643. The average molecular weight is 399 g/mol. The first-order chi connectivity index (χ1) is 13.2. The summed E-state index contributed by atoms with van der Waals surface area (Å²) in [7, 11) is 0. The van der Waals surface area contributed by atoms with Crippen LogP contribution in [-0.2, 0) is 11.0 Å². The maximum absolute atomic E-state index is 12.9. The van der Waals surface area contributed by atoms with E-state index in [1.54, 1.807) is 6.92 Å². The van der Waals surface area contributed by atoms with Crippen molar-refractivity contribution in [3.8, 4) is 5.75 Å². The van der Waals surface area contributed by atoms with Crippen molar-refractivity contribution >= 4 is 23.3 Å². The third-order valence-electron chi connectivity index (χ3n) is 3.39. The zero-order valence-corrected chi connectivity index (χ0v) is 14.7. The predicted molar refractivity (Wildman–Crippen MR) is 94.7 cm³/mol. The molecular formula is C18H17F4N3O3. The van der Waals surface area contributed by atoms with Crippen molar-refractivity contribution in [2.45, 2.75) is 13.1 Å².